The first-order valence-electron chi connectivity index (χ1n) is 5.82. The molecule has 2 heterocycles. The lowest BCUT2D eigenvalue weighted by molar-refractivity contribution is 0.443. The molecule has 0 radical (unpaired) electrons. The van der Waals surface area contributed by atoms with Crippen molar-refractivity contribution >= 4 is 6.01 Å². The Morgan fingerprint density at radius 3 is 2.80 bits per heavy atom. The molecule has 0 amide bonds. The summed E-state index contributed by atoms with van der Waals surface area (Å²) < 4.78 is 5.77. The van der Waals surface area contributed by atoms with Gasteiger partial charge in [-0.05, 0) is 25.7 Å². The lowest BCUT2D eigenvalue weighted by atomic mass is 10.1. The van der Waals surface area contributed by atoms with Gasteiger partial charge in [0.1, 0.15) is 5.76 Å². The molecule has 4 nitrogen and oxygen atoms in total. The van der Waals surface area contributed by atoms with E-state index in [9.17, 15) is 0 Å². The van der Waals surface area contributed by atoms with Gasteiger partial charge in [0.05, 0.1) is 5.69 Å². The van der Waals surface area contributed by atoms with E-state index in [4.69, 9.17) is 10.2 Å². The van der Waals surface area contributed by atoms with Gasteiger partial charge in [-0.2, -0.15) is 4.98 Å². The van der Waals surface area contributed by atoms with Gasteiger partial charge in [-0.1, -0.05) is 0 Å². The number of aryl methyl sites for hydroxylation is 2. The fourth-order valence-electron chi connectivity index (χ4n) is 2.40. The van der Waals surface area contributed by atoms with Gasteiger partial charge in [-0.25, -0.2) is 0 Å². The van der Waals surface area contributed by atoms with Crippen molar-refractivity contribution in [2.45, 2.75) is 38.1 Å². The Morgan fingerprint density at radius 2 is 2.07 bits per heavy atom. The van der Waals surface area contributed by atoms with E-state index < -0.39 is 0 Å². The van der Waals surface area contributed by atoms with Gasteiger partial charge in [0.25, 0.3) is 6.01 Å². The zero-order valence-corrected chi connectivity index (χ0v) is 8.91. The summed E-state index contributed by atoms with van der Waals surface area (Å²) in [6.45, 7) is 1.97. The molecule has 1 aliphatic carbocycles. The summed E-state index contributed by atoms with van der Waals surface area (Å²) >= 11 is 0. The highest BCUT2D eigenvalue weighted by molar-refractivity contribution is 5.32. The zero-order chi connectivity index (χ0) is 10.3. The highest BCUT2D eigenvalue weighted by Crippen LogP contribution is 2.27. The third kappa shape index (κ3) is 1.63. The molecule has 4 heteroatoms. The van der Waals surface area contributed by atoms with Crippen LogP contribution in [0.3, 0.4) is 0 Å². The fraction of sp³-hybridized carbons (Fsp3) is 0.727. The Labute approximate surface area is 89.5 Å². The number of hydrogen-bond donors (Lipinski definition) is 1. The minimum Gasteiger partial charge on any atom is -0.428 e. The maximum Gasteiger partial charge on any atom is 0.297 e. The maximum atomic E-state index is 5.87. The number of aromatic nitrogens is 1. The van der Waals surface area contributed by atoms with Crippen molar-refractivity contribution in [2.24, 2.45) is 5.73 Å². The van der Waals surface area contributed by atoms with Crippen molar-refractivity contribution in [3.63, 3.8) is 0 Å². The van der Waals surface area contributed by atoms with Crippen LogP contribution in [-0.2, 0) is 12.8 Å². The predicted octanol–water partition coefficient (Wildman–Crippen LogP) is 1.09. The molecule has 2 N–H and O–H groups in total. The van der Waals surface area contributed by atoms with E-state index >= 15 is 0 Å². The Bertz CT molecular complexity index is 331. The van der Waals surface area contributed by atoms with E-state index in [1.807, 2.05) is 0 Å². The summed E-state index contributed by atoms with van der Waals surface area (Å²) in [6.07, 6.45) is 5.45. The van der Waals surface area contributed by atoms with Gasteiger partial charge in [0.2, 0.25) is 0 Å². The van der Waals surface area contributed by atoms with Crippen LogP contribution < -0.4 is 10.6 Å². The molecule has 0 aromatic carbocycles. The predicted molar refractivity (Wildman–Crippen MR) is 58.0 cm³/mol. The first kappa shape index (κ1) is 9.21. The van der Waals surface area contributed by atoms with Gasteiger partial charge < -0.3 is 15.1 Å². The van der Waals surface area contributed by atoms with E-state index in [2.05, 4.69) is 9.88 Å². The average molecular weight is 207 g/mol. The summed E-state index contributed by atoms with van der Waals surface area (Å²) in [5.41, 5.74) is 7.05. The molecule has 15 heavy (non-hydrogen) atoms. The monoisotopic (exact) mass is 207 g/mol. The summed E-state index contributed by atoms with van der Waals surface area (Å²) in [5, 5.41) is 0. The maximum absolute atomic E-state index is 5.87. The van der Waals surface area contributed by atoms with Crippen LogP contribution in [0.4, 0.5) is 6.01 Å². The molecule has 82 valence electrons. The van der Waals surface area contributed by atoms with Gasteiger partial charge in [-0.15, -0.1) is 0 Å². The number of fused-ring (bicyclic) bond motifs is 1. The second-order valence-corrected chi connectivity index (χ2v) is 4.54. The molecule has 1 aromatic rings. The Hall–Kier alpha value is -1.03. The van der Waals surface area contributed by atoms with Crippen molar-refractivity contribution in [2.75, 3.05) is 18.0 Å². The van der Waals surface area contributed by atoms with Crippen LogP contribution in [0.5, 0.6) is 0 Å². The van der Waals surface area contributed by atoms with E-state index in [0.717, 1.165) is 50.5 Å². The molecule has 1 fully saturated rings. The minimum absolute atomic E-state index is 0.364. The standard InChI is InChI=1S/C11H17N3O/c12-8-4-6-14(7-5-8)11-13-9-2-1-3-10(9)15-11/h8H,1-7,12H2. The Morgan fingerprint density at radius 1 is 1.27 bits per heavy atom. The number of rotatable bonds is 1. The number of nitrogens with zero attached hydrogens (tertiary/aromatic N) is 2. The van der Waals surface area contributed by atoms with Gasteiger partial charge in [0.15, 0.2) is 0 Å². The molecule has 0 unspecified atom stereocenters. The number of oxazole rings is 1. The second kappa shape index (κ2) is 3.52. The summed E-state index contributed by atoms with van der Waals surface area (Å²) in [6, 6.07) is 1.19. The highest BCUT2D eigenvalue weighted by atomic mass is 16.4. The van der Waals surface area contributed by atoms with Crippen LogP contribution in [0, 0.1) is 0 Å². The number of piperidine rings is 1. The second-order valence-electron chi connectivity index (χ2n) is 4.54. The smallest absolute Gasteiger partial charge is 0.297 e. The summed E-state index contributed by atoms with van der Waals surface area (Å²) in [4.78, 5) is 6.78. The molecular weight excluding hydrogens is 190 g/mol. The normalized spacial score (nSPS) is 22.1. The molecule has 0 saturated carbocycles. The zero-order valence-electron chi connectivity index (χ0n) is 8.91. The lowest BCUT2D eigenvalue weighted by Crippen LogP contribution is -2.39. The van der Waals surface area contributed by atoms with Crippen molar-refractivity contribution < 1.29 is 4.42 Å². The molecule has 0 atom stereocenters. The quantitative estimate of drug-likeness (QED) is 0.749. The van der Waals surface area contributed by atoms with E-state index in [1.54, 1.807) is 0 Å². The molecule has 1 saturated heterocycles. The topological polar surface area (TPSA) is 55.3 Å². The lowest BCUT2D eigenvalue weighted by Gasteiger charge is -2.28. The molecule has 0 bridgehead atoms. The minimum atomic E-state index is 0.364. The fourth-order valence-corrected chi connectivity index (χ4v) is 2.40. The first-order chi connectivity index (χ1) is 7.33. The molecule has 3 rings (SSSR count). The van der Waals surface area contributed by atoms with Gasteiger partial charge >= 0.3 is 0 Å². The number of nitrogens with two attached hydrogens (primary N) is 1. The molecule has 1 aromatic heterocycles. The van der Waals surface area contributed by atoms with E-state index in [-0.39, 0.29) is 0 Å². The van der Waals surface area contributed by atoms with Crippen molar-refractivity contribution in [1.29, 1.82) is 0 Å². The Kier molecular flexibility index (Phi) is 2.16. The third-order valence-corrected chi connectivity index (χ3v) is 3.39. The Balaban J connectivity index is 1.76. The summed E-state index contributed by atoms with van der Waals surface area (Å²) in [5.74, 6) is 1.11. The van der Waals surface area contributed by atoms with Crippen LogP contribution in [0.15, 0.2) is 4.42 Å². The van der Waals surface area contributed by atoms with Crippen molar-refractivity contribution in [3.8, 4) is 0 Å². The van der Waals surface area contributed by atoms with E-state index in [1.165, 1.54) is 12.1 Å². The molecule has 0 spiro atoms. The SMILES string of the molecule is NC1CCN(c2nc3c(o2)CCC3)CC1. The molecule has 1 aliphatic heterocycles. The first-order valence-corrected chi connectivity index (χ1v) is 5.82. The average Bonchev–Trinajstić information content (AvgIpc) is 2.78. The van der Waals surface area contributed by atoms with Crippen molar-refractivity contribution in [1.82, 2.24) is 4.98 Å². The van der Waals surface area contributed by atoms with Crippen LogP contribution in [0.2, 0.25) is 0 Å². The van der Waals surface area contributed by atoms with Gasteiger partial charge in [0, 0.05) is 25.6 Å². The number of anilines is 1. The number of hydrogen-bond acceptors (Lipinski definition) is 4. The van der Waals surface area contributed by atoms with Crippen LogP contribution in [0.1, 0.15) is 30.7 Å². The van der Waals surface area contributed by atoms with Crippen molar-refractivity contribution in [3.05, 3.63) is 11.5 Å². The van der Waals surface area contributed by atoms with Crippen LogP contribution in [0.25, 0.3) is 0 Å². The van der Waals surface area contributed by atoms with E-state index in [0.29, 0.717) is 6.04 Å². The molecule has 2 aliphatic rings. The van der Waals surface area contributed by atoms with Crippen LogP contribution in [-0.4, -0.2) is 24.1 Å². The third-order valence-electron chi connectivity index (χ3n) is 3.39. The highest BCUT2D eigenvalue weighted by Gasteiger charge is 2.24. The van der Waals surface area contributed by atoms with Crippen LogP contribution >= 0.6 is 0 Å². The largest absolute Gasteiger partial charge is 0.428 e. The van der Waals surface area contributed by atoms with Gasteiger partial charge in [-0.3, -0.25) is 0 Å². The molecular formula is C11H17N3O. The summed E-state index contributed by atoms with van der Waals surface area (Å²) in [7, 11) is 0.